The van der Waals surface area contributed by atoms with Crippen LogP contribution in [0.3, 0.4) is 0 Å². The molecule has 0 heterocycles. The van der Waals surface area contributed by atoms with Crippen molar-refractivity contribution in [2.75, 3.05) is 6.54 Å². The molecule has 0 saturated carbocycles. The van der Waals surface area contributed by atoms with Gasteiger partial charge in [0.2, 0.25) is 0 Å². The highest BCUT2D eigenvalue weighted by Crippen LogP contribution is 2.33. The van der Waals surface area contributed by atoms with Crippen LogP contribution in [0.4, 0.5) is 13.2 Å². The molecule has 1 rings (SSSR count). The first-order valence-electron chi connectivity index (χ1n) is 5.68. The van der Waals surface area contributed by atoms with E-state index in [-0.39, 0.29) is 11.4 Å². The van der Waals surface area contributed by atoms with Gasteiger partial charge in [0.25, 0.3) is 0 Å². The zero-order valence-corrected chi connectivity index (χ0v) is 11.5. The molecule has 0 saturated heterocycles. The predicted molar refractivity (Wildman–Crippen MR) is 66.6 cm³/mol. The normalized spacial score (nSPS) is 14.4. The number of sulfone groups is 1. The number of alkyl halides is 3. The predicted octanol–water partition coefficient (Wildman–Crippen LogP) is 2.36. The van der Waals surface area contributed by atoms with Crippen molar-refractivity contribution in [3.8, 4) is 0 Å². The van der Waals surface area contributed by atoms with Gasteiger partial charge < -0.3 is 5.73 Å². The molecule has 19 heavy (non-hydrogen) atoms. The number of aryl methyl sites for hydroxylation is 2. The molecule has 3 nitrogen and oxygen atoms in total. The van der Waals surface area contributed by atoms with Crippen LogP contribution in [0.15, 0.2) is 23.1 Å². The Balaban J connectivity index is 3.39. The Morgan fingerprint density at radius 3 is 2.32 bits per heavy atom. The van der Waals surface area contributed by atoms with E-state index in [0.717, 1.165) is 0 Å². The van der Waals surface area contributed by atoms with Crippen molar-refractivity contribution in [3.63, 3.8) is 0 Å². The molecule has 7 heteroatoms. The molecule has 0 aliphatic carbocycles. The summed E-state index contributed by atoms with van der Waals surface area (Å²) >= 11 is 0. The molecule has 0 aromatic heterocycles. The molecule has 0 amide bonds. The second-order valence-electron chi connectivity index (χ2n) is 4.42. The molecule has 0 radical (unpaired) electrons. The zero-order chi connectivity index (χ0) is 14.8. The van der Waals surface area contributed by atoms with E-state index in [2.05, 4.69) is 0 Å². The number of hydrogen-bond acceptors (Lipinski definition) is 3. The minimum Gasteiger partial charge on any atom is -0.330 e. The van der Waals surface area contributed by atoms with Crippen LogP contribution in [-0.2, 0) is 9.84 Å². The number of nitrogens with two attached hydrogens (primary N) is 1. The summed E-state index contributed by atoms with van der Waals surface area (Å²) < 4.78 is 63.0. The summed E-state index contributed by atoms with van der Waals surface area (Å²) in [5.41, 5.74) is 6.00. The van der Waals surface area contributed by atoms with Gasteiger partial charge in [0.1, 0.15) is 0 Å². The molecule has 108 valence electrons. The molecule has 1 atom stereocenters. The standard InChI is InChI=1S/C12H16F3NO2S/c1-8-3-4-9(2)10(7-8)19(17,18)11(5-6-16)12(13,14)15/h3-4,7,11H,5-6,16H2,1-2H3. The van der Waals surface area contributed by atoms with E-state index in [0.29, 0.717) is 11.1 Å². The Kier molecular flexibility index (Phi) is 4.63. The zero-order valence-electron chi connectivity index (χ0n) is 10.7. The van der Waals surface area contributed by atoms with Crippen molar-refractivity contribution in [2.24, 2.45) is 5.73 Å². The van der Waals surface area contributed by atoms with Crippen molar-refractivity contribution in [1.29, 1.82) is 0 Å². The van der Waals surface area contributed by atoms with E-state index >= 15 is 0 Å². The van der Waals surface area contributed by atoms with Crippen molar-refractivity contribution in [1.82, 2.24) is 0 Å². The summed E-state index contributed by atoms with van der Waals surface area (Å²) in [4.78, 5) is -0.275. The summed E-state index contributed by atoms with van der Waals surface area (Å²) in [6.07, 6.45) is -5.46. The number of hydrogen-bond donors (Lipinski definition) is 1. The Morgan fingerprint density at radius 1 is 1.26 bits per heavy atom. The third-order valence-corrected chi connectivity index (χ3v) is 5.12. The largest absolute Gasteiger partial charge is 0.405 e. The van der Waals surface area contributed by atoms with Gasteiger partial charge in [-0.15, -0.1) is 0 Å². The summed E-state index contributed by atoms with van der Waals surface area (Å²) in [6.45, 7) is 2.76. The minimum atomic E-state index is -4.83. The van der Waals surface area contributed by atoms with E-state index in [9.17, 15) is 21.6 Å². The second-order valence-corrected chi connectivity index (χ2v) is 6.52. The van der Waals surface area contributed by atoms with Crippen molar-refractivity contribution < 1.29 is 21.6 Å². The van der Waals surface area contributed by atoms with Gasteiger partial charge in [-0.3, -0.25) is 0 Å². The van der Waals surface area contributed by atoms with Gasteiger partial charge in [0.15, 0.2) is 15.1 Å². The van der Waals surface area contributed by atoms with Gasteiger partial charge in [0, 0.05) is 0 Å². The molecule has 1 unspecified atom stereocenters. The molecular formula is C12H16F3NO2S. The number of rotatable bonds is 4. The monoisotopic (exact) mass is 295 g/mol. The fourth-order valence-corrected chi connectivity index (χ4v) is 3.78. The second kappa shape index (κ2) is 5.50. The molecule has 0 aliphatic rings. The highest BCUT2D eigenvalue weighted by Gasteiger charge is 2.48. The van der Waals surface area contributed by atoms with Gasteiger partial charge in [0.05, 0.1) is 4.90 Å². The fraction of sp³-hybridized carbons (Fsp3) is 0.500. The first-order valence-corrected chi connectivity index (χ1v) is 7.23. The topological polar surface area (TPSA) is 60.2 Å². The lowest BCUT2D eigenvalue weighted by Crippen LogP contribution is -2.38. The lowest BCUT2D eigenvalue weighted by atomic mass is 10.2. The summed E-state index contributed by atoms with van der Waals surface area (Å²) in [7, 11) is -4.48. The highest BCUT2D eigenvalue weighted by molar-refractivity contribution is 7.92. The average molecular weight is 295 g/mol. The first-order chi connectivity index (χ1) is 8.60. The molecule has 1 aromatic carbocycles. The van der Waals surface area contributed by atoms with Crippen LogP contribution >= 0.6 is 0 Å². The lowest BCUT2D eigenvalue weighted by molar-refractivity contribution is -0.131. The van der Waals surface area contributed by atoms with Crippen molar-refractivity contribution in [3.05, 3.63) is 29.3 Å². The lowest BCUT2D eigenvalue weighted by Gasteiger charge is -2.21. The van der Waals surface area contributed by atoms with Gasteiger partial charge >= 0.3 is 6.18 Å². The third-order valence-electron chi connectivity index (χ3n) is 2.82. The molecule has 1 aromatic rings. The van der Waals surface area contributed by atoms with E-state index in [4.69, 9.17) is 5.73 Å². The number of benzene rings is 1. The minimum absolute atomic E-state index is 0.275. The summed E-state index contributed by atoms with van der Waals surface area (Å²) in [6, 6.07) is 4.41. The van der Waals surface area contributed by atoms with Gasteiger partial charge in [-0.25, -0.2) is 8.42 Å². The Morgan fingerprint density at radius 2 is 1.84 bits per heavy atom. The molecule has 0 aliphatic heterocycles. The van der Waals surface area contributed by atoms with Gasteiger partial charge in [-0.05, 0) is 44.0 Å². The Labute approximate surface area is 110 Å². The summed E-state index contributed by atoms with van der Waals surface area (Å²) in [5, 5.41) is -2.45. The average Bonchev–Trinajstić information content (AvgIpc) is 2.27. The third kappa shape index (κ3) is 3.48. The molecular weight excluding hydrogens is 279 g/mol. The highest BCUT2D eigenvalue weighted by atomic mass is 32.2. The maximum absolute atomic E-state index is 12.9. The van der Waals surface area contributed by atoms with Crippen LogP contribution in [0.1, 0.15) is 17.5 Å². The number of halogens is 3. The molecule has 2 N–H and O–H groups in total. The van der Waals surface area contributed by atoms with Crippen LogP contribution in [0.5, 0.6) is 0 Å². The van der Waals surface area contributed by atoms with E-state index in [1.807, 2.05) is 0 Å². The van der Waals surface area contributed by atoms with Crippen LogP contribution < -0.4 is 5.73 Å². The Bertz CT molecular complexity index is 553. The van der Waals surface area contributed by atoms with E-state index in [1.54, 1.807) is 13.0 Å². The van der Waals surface area contributed by atoms with Crippen molar-refractivity contribution in [2.45, 2.75) is 36.6 Å². The van der Waals surface area contributed by atoms with Gasteiger partial charge in [-0.1, -0.05) is 12.1 Å². The van der Waals surface area contributed by atoms with Crippen LogP contribution in [-0.4, -0.2) is 26.4 Å². The van der Waals surface area contributed by atoms with Crippen LogP contribution in [0.25, 0.3) is 0 Å². The van der Waals surface area contributed by atoms with Crippen molar-refractivity contribution >= 4 is 9.84 Å². The molecule has 0 bridgehead atoms. The molecule has 0 fully saturated rings. The maximum atomic E-state index is 12.9. The van der Waals surface area contributed by atoms with Gasteiger partial charge in [-0.2, -0.15) is 13.2 Å². The quantitative estimate of drug-likeness (QED) is 0.927. The van der Waals surface area contributed by atoms with E-state index in [1.165, 1.54) is 19.1 Å². The molecule has 0 spiro atoms. The fourth-order valence-electron chi connectivity index (χ4n) is 1.81. The van der Waals surface area contributed by atoms with Crippen LogP contribution in [0.2, 0.25) is 0 Å². The Hall–Kier alpha value is -1.08. The summed E-state index contributed by atoms with van der Waals surface area (Å²) in [5.74, 6) is 0. The SMILES string of the molecule is Cc1ccc(C)c(S(=O)(=O)C(CCN)C(F)(F)F)c1. The smallest absolute Gasteiger partial charge is 0.330 e. The maximum Gasteiger partial charge on any atom is 0.405 e. The van der Waals surface area contributed by atoms with Crippen LogP contribution in [0, 0.1) is 13.8 Å². The van der Waals surface area contributed by atoms with E-state index < -0.39 is 27.7 Å². The first kappa shape index (κ1) is 16.0.